The number of fused-ring (bicyclic) bond motifs is 1. The van der Waals surface area contributed by atoms with E-state index >= 15 is 0 Å². The van der Waals surface area contributed by atoms with Crippen LogP contribution in [0.4, 0.5) is 5.69 Å². The van der Waals surface area contributed by atoms with Gasteiger partial charge >= 0.3 is 5.63 Å². The van der Waals surface area contributed by atoms with Gasteiger partial charge in [-0.05, 0) is 48.5 Å². The first-order valence-corrected chi connectivity index (χ1v) is 8.03. The van der Waals surface area contributed by atoms with Gasteiger partial charge < -0.3 is 4.42 Å². The summed E-state index contributed by atoms with van der Waals surface area (Å²) in [6.45, 7) is 0. The van der Waals surface area contributed by atoms with Crippen LogP contribution in [-0.4, -0.2) is 8.42 Å². The Balaban J connectivity index is 1.96. The topological polar surface area (TPSA) is 100 Å². The molecule has 0 atom stereocenters. The third kappa shape index (κ3) is 3.07. The maximum absolute atomic E-state index is 12.4. The third-order valence-corrected chi connectivity index (χ3v) is 4.55. The van der Waals surface area contributed by atoms with E-state index in [1.54, 1.807) is 0 Å². The highest BCUT2D eigenvalue weighted by atomic mass is 32.2. The molecule has 0 radical (unpaired) electrons. The molecule has 1 N–H and O–H groups in total. The first-order valence-electron chi connectivity index (χ1n) is 6.55. The van der Waals surface area contributed by atoms with Crippen molar-refractivity contribution in [3.8, 4) is 6.07 Å². The number of nitrogens with zero attached hydrogens (tertiary/aromatic N) is 1. The van der Waals surface area contributed by atoms with Crippen molar-refractivity contribution in [2.75, 3.05) is 4.72 Å². The molecule has 0 saturated carbocycles. The van der Waals surface area contributed by atoms with Crippen molar-refractivity contribution in [1.29, 1.82) is 5.26 Å². The number of anilines is 1. The number of benzene rings is 2. The Kier molecular flexibility index (Phi) is 3.60. The van der Waals surface area contributed by atoms with Gasteiger partial charge in [0.05, 0.1) is 16.5 Å². The van der Waals surface area contributed by atoms with Crippen molar-refractivity contribution in [1.82, 2.24) is 0 Å². The van der Waals surface area contributed by atoms with Gasteiger partial charge in [-0.25, -0.2) is 13.2 Å². The zero-order valence-corrected chi connectivity index (χ0v) is 12.5. The number of nitrogens with one attached hydrogen (secondary N) is 1. The van der Waals surface area contributed by atoms with Crippen LogP contribution in [0.2, 0.25) is 0 Å². The minimum absolute atomic E-state index is 0.0446. The van der Waals surface area contributed by atoms with Gasteiger partial charge in [0.2, 0.25) is 0 Å². The predicted molar refractivity (Wildman–Crippen MR) is 84.4 cm³/mol. The third-order valence-electron chi connectivity index (χ3n) is 3.17. The van der Waals surface area contributed by atoms with E-state index in [1.165, 1.54) is 54.6 Å². The standard InChI is InChI=1S/C16H10N2O4S/c17-10-11-1-4-13(5-2-11)18-23(20,21)14-6-7-15-12(9-14)3-8-16(19)22-15/h1-9,18H. The van der Waals surface area contributed by atoms with Crippen molar-refractivity contribution in [3.63, 3.8) is 0 Å². The molecular weight excluding hydrogens is 316 g/mol. The number of hydrogen-bond donors (Lipinski definition) is 1. The highest BCUT2D eigenvalue weighted by Gasteiger charge is 2.15. The molecule has 0 saturated heterocycles. The lowest BCUT2D eigenvalue weighted by molar-refractivity contribution is 0.560. The second kappa shape index (κ2) is 5.59. The SMILES string of the molecule is N#Cc1ccc(NS(=O)(=O)c2ccc3oc(=O)ccc3c2)cc1. The van der Waals surface area contributed by atoms with Crippen LogP contribution >= 0.6 is 0 Å². The number of hydrogen-bond acceptors (Lipinski definition) is 5. The molecule has 7 heteroatoms. The number of nitriles is 1. The molecule has 114 valence electrons. The highest BCUT2D eigenvalue weighted by Crippen LogP contribution is 2.20. The van der Waals surface area contributed by atoms with Crippen molar-refractivity contribution < 1.29 is 12.8 Å². The van der Waals surface area contributed by atoms with E-state index in [9.17, 15) is 13.2 Å². The maximum Gasteiger partial charge on any atom is 0.336 e. The summed E-state index contributed by atoms with van der Waals surface area (Å²) < 4.78 is 32.2. The molecule has 2 aromatic carbocycles. The number of sulfonamides is 1. The fourth-order valence-corrected chi connectivity index (χ4v) is 3.14. The highest BCUT2D eigenvalue weighted by molar-refractivity contribution is 7.92. The molecule has 3 aromatic rings. The van der Waals surface area contributed by atoms with E-state index < -0.39 is 15.6 Å². The first-order chi connectivity index (χ1) is 11.0. The summed E-state index contributed by atoms with van der Waals surface area (Å²) >= 11 is 0. The summed E-state index contributed by atoms with van der Waals surface area (Å²) in [4.78, 5) is 11.2. The Morgan fingerprint density at radius 2 is 1.74 bits per heavy atom. The minimum Gasteiger partial charge on any atom is -0.423 e. The fraction of sp³-hybridized carbons (Fsp3) is 0. The van der Waals surface area contributed by atoms with Gasteiger partial charge in [0.15, 0.2) is 0 Å². The Bertz CT molecular complexity index is 1080. The molecule has 0 aliphatic rings. The average Bonchev–Trinajstić information content (AvgIpc) is 2.54. The van der Waals surface area contributed by atoms with Crippen molar-refractivity contribution in [2.45, 2.75) is 4.90 Å². The molecule has 0 aliphatic carbocycles. The van der Waals surface area contributed by atoms with E-state index in [0.717, 1.165) is 0 Å². The molecule has 23 heavy (non-hydrogen) atoms. The Hall–Kier alpha value is -3.11. The summed E-state index contributed by atoms with van der Waals surface area (Å²) in [5.41, 5.74) is 0.607. The van der Waals surface area contributed by atoms with Gasteiger partial charge in [-0.1, -0.05) is 0 Å². The van der Waals surface area contributed by atoms with Gasteiger partial charge in [0.25, 0.3) is 10.0 Å². The smallest absolute Gasteiger partial charge is 0.336 e. The van der Waals surface area contributed by atoms with E-state index in [2.05, 4.69) is 4.72 Å². The molecule has 0 bridgehead atoms. The molecule has 0 spiro atoms. The predicted octanol–water partition coefficient (Wildman–Crippen LogP) is 2.47. The van der Waals surface area contributed by atoms with Gasteiger partial charge in [0.1, 0.15) is 5.58 Å². The van der Waals surface area contributed by atoms with Crippen molar-refractivity contribution >= 4 is 26.7 Å². The zero-order chi connectivity index (χ0) is 16.4. The molecule has 1 heterocycles. The lowest BCUT2D eigenvalue weighted by Crippen LogP contribution is -2.12. The molecule has 6 nitrogen and oxygen atoms in total. The van der Waals surface area contributed by atoms with E-state index in [4.69, 9.17) is 9.68 Å². The Morgan fingerprint density at radius 3 is 2.43 bits per heavy atom. The van der Waals surface area contributed by atoms with Crippen LogP contribution in [0.1, 0.15) is 5.56 Å². The Morgan fingerprint density at radius 1 is 1.00 bits per heavy atom. The quantitative estimate of drug-likeness (QED) is 0.745. The summed E-state index contributed by atoms with van der Waals surface area (Å²) in [5.74, 6) is 0. The normalized spacial score (nSPS) is 11.1. The van der Waals surface area contributed by atoms with E-state index in [-0.39, 0.29) is 4.90 Å². The van der Waals surface area contributed by atoms with Crippen LogP contribution in [0.15, 0.2) is 68.7 Å². The molecule has 0 amide bonds. The van der Waals surface area contributed by atoms with Crippen LogP contribution in [0, 0.1) is 11.3 Å². The van der Waals surface area contributed by atoms with Gasteiger partial charge in [-0.3, -0.25) is 4.72 Å². The lowest BCUT2D eigenvalue weighted by Gasteiger charge is -2.08. The molecule has 0 unspecified atom stereocenters. The van der Waals surface area contributed by atoms with Gasteiger partial charge in [-0.15, -0.1) is 0 Å². The fourth-order valence-electron chi connectivity index (χ4n) is 2.04. The number of rotatable bonds is 3. The van der Waals surface area contributed by atoms with Crippen molar-refractivity contribution in [2.24, 2.45) is 0 Å². The van der Waals surface area contributed by atoms with Crippen LogP contribution in [0.25, 0.3) is 11.0 Å². The lowest BCUT2D eigenvalue weighted by atomic mass is 10.2. The minimum atomic E-state index is -3.79. The average molecular weight is 326 g/mol. The van der Waals surface area contributed by atoms with Crippen LogP contribution in [-0.2, 0) is 10.0 Å². The monoisotopic (exact) mass is 326 g/mol. The first kappa shape index (κ1) is 14.8. The summed E-state index contributed by atoms with van der Waals surface area (Å²) in [5, 5.41) is 9.25. The summed E-state index contributed by atoms with van der Waals surface area (Å²) in [7, 11) is -3.79. The summed E-state index contributed by atoms with van der Waals surface area (Å²) in [6, 6.07) is 15.0. The Labute approximate surface area is 131 Å². The van der Waals surface area contributed by atoms with Gasteiger partial charge in [-0.2, -0.15) is 5.26 Å². The second-order valence-corrected chi connectivity index (χ2v) is 6.43. The van der Waals surface area contributed by atoms with E-state index in [1.807, 2.05) is 6.07 Å². The van der Waals surface area contributed by atoms with Crippen molar-refractivity contribution in [3.05, 3.63) is 70.6 Å². The largest absolute Gasteiger partial charge is 0.423 e. The molecular formula is C16H10N2O4S. The molecule has 0 fully saturated rings. The zero-order valence-electron chi connectivity index (χ0n) is 11.7. The second-order valence-electron chi connectivity index (χ2n) is 4.75. The van der Waals surface area contributed by atoms with Crippen LogP contribution < -0.4 is 10.3 Å². The molecule has 1 aromatic heterocycles. The van der Waals surface area contributed by atoms with Gasteiger partial charge in [0, 0.05) is 17.1 Å². The van der Waals surface area contributed by atoms with Crippen LogP contribution in [0.5, 0.6) is 0 Å². The maximum atomic E-state index is 12.4. The molecule has 3 rings (SSSR count). The summed E-state index contributed by atoms with van der Waals surface area (Å²) in [6.07, 6.45) is 0. The van der Waals surface area contributed by atoms with E-state index in [0.29, 0.717) is 22.2 Å². The van der Waals surface area contributed by atoms with Crippen LogP contribution in [0.3, 0.4) is 0 Å². The molecule has 0 aliphatic heterocycles.